The van der Waals surface area contributed by atoms with Gasteiger partial charge in [0, 0.05) is 12.4 Å². The van der Waals surface area contributed by atoms with Gasteiger partial charge in [0.2, 0.25) is 0 Å². The van der Waals surface area contributed by atoms with Gasteiger partial charge in [0.05, 0.1) is 13.2 Å². The molecule has 0 amide bonds. The maximum Gasteiger partial charge on any atom is 0.116 e. The lowest BCUT2D eigenvalue weighted by Crippen LogP contribution is -2.58. The fraction of sp³-hybridized carbons (Fsp3) is 1.00. The predicted octanol–water partition coefficient (Wildman–Crippen LogP) is -1.61. The van der Waals surface area contributed by atoms with E-state index in [1.807, 2.05) is 0 Å². The van der Waals surface area contributed by atoms with Crippen LogP contribution in [0, 0.1) is 0 Å². The Morgan fingerprint density at radius 1 is 1.58 bits per heavy atom. The molecule has 1 spiro atoms. The topological polar surface area (TPSA) is 58.9 Å². The van der Waals surface area contributed by atoms with E-state index in [2.05, 4.69) is 0 Å². The van der Waals surface area contributed by atoms with Crippen LogP contribution in [0.1, 0.15) is 6.42 Å². The minimum absolute atomic E-state index is 0.222. The van der Waals surface area contributed by atoms with Crippen LogP contribution in [0.2, 0.25) is 0 Å². The van der Waals surface area contributed by atoms with Gasteiger partial charge in [0.1, 0.15) is 25.7 Å². The minimum Gasteiger partial charge on any atom is -0.394 e. The first kappa shape index (κ1) is 8.50. The molecule has 2 aliphatic heterocycles. The van der Waals surface area contributed by atoms with Gasteiger partial charge in [0.25, 0.3) is 0 Å². The number of aliphatic hydroxyl groups is 2. The van der Waals surface area contributed by atoms with E-state index in [0.717, 1.165) is 0 Å². The fourth-order valence-electron chi connectivity index (χ4n) is 1.80. The Hall–Kier alpha value is -0.0951. The molecule has 2 radical (unpaired) electrons. The molecule has 4 atom stereocenters. The Bertz CT molecular complexity index is 182. The second-order valence-corrected chi connectivity index (χ2v) is 3.28. The highest BCUT2D eigenvalue weighted by molar-refractivity contribution is 6.12. The van der Waals surface area contributed by atoms with Gasteiger partial charge >= 0.3 is 0 Å². The standard InChI is InChI=1S/C7H11BO4/c8-6-7(1-2-11-7)5(10)4(3-9)12-6/h4-6,9-10H,1-3H2/t4?,5-,6?,7+/m1/s1. The maximum absolute atomic E-state index is 9.64. The van der Waals surface area contributed by atoms with Crippen molar-refractivity contribution in [2.24, 2.45) is 0 Å². The molecule has 2 aliphatic rings. The molecule has 0 bridgehead atoms. The van der Waals surface area contributed by atoms with Gasteiger partial charge in [-0.3, -0.25) is 0 Å². The monoisotopic (exact) mass is 170 g/mol. The second kappa shape index (κ2) is 2.70. The molecule has 0 aromatic heterocycles. The normalized spacial score (nSPS) is 52.7. The zero-order chi connectivity index (χ0) is 8.77. The smallest absolute Gasteiger partial charge is 0.116 e. The molecular weight excluding hydrogens is 159 g/mol. The number of rotatable bonds is 1. The molecule has 4 nitrogen and oxygen atoms in total. The highest BCUT2D eigenvalue weighted by Crippen LogP contribution is 2.41. The SMILES string of the molecule is [B]C1OC(CO)[C@@H](O)[C@@]12CCO2. The number of hydrogen-bond donors (Lipinski definition) is 2. The van der Waals surface area contributed by atoms with Crippen molar-refractivity contribution in [1.82, 2.24) is 0 Å². The molecule has 2 saturated heterocycles. The molecule has 2 unspecified atom stereocenters. The molecule has 2 rings (SSSR count). The first-order chi connectivity index (χ1) is 5.70. The Morgan fingerprint density at radius 3 is 2.50 bits per heavy atom. The highest BCUT2D eigenvalue weighted by atomic mass is 16.6. The van der Waals surface area contributed by atoms with Crippen LogP contribution < -0.4 is 0 Å². The number of hydrogen-bond acceptors (Lipinski definition) is 4. The van der Waals surface area contributed by atoms with E-state index in [1.165, 1.54) is 0 Å². The largest absolute Gasteiger partial charge is 0.394 e. The predicted molar refractivity (Wildman–Crippen MR) is 40.8 cm³/mol. The summed E-state index contributed by atoms with van der Waals surface area (Å²) < 4.78 is 10.4. The van der Waals surface area contributed by atoms with Gasteiger partial charge in [-0.25, -0.2) is 0 Å². The summed E-state index contributed by atoms with van der Waals surface area (Å²) in [6.45, 7) is 0.381. The molecule has 0 saturated carbocycles. The lowest BCUT2D eigenvalue weighted by atomic mass is 9.75. The fourth-order valence-corrected chi connectivity index (χ4v) is 1.80. The third-order valence-corrected chi connectivity index (χ3v) is 2.70. The van der Waals surface area contributed by atoms with Crippen LogP contribution in [0.4, 0.5) is 0 Å². The molecule has 2 N–H and O–H groups in total. The van der Waals surface area contributed by atoms with Crippen molar-refractivity contribution in [2.75, 3.05) is 13.2 Å². The summed E-state index contributed by atoms with van der Waals surface area (Å²) in [5.41, 5.74) is -0.743. The molecule has 0 aromatic carbocycles. The summed E-state index contributed by atoms with van der Waals surface area (Å²) in [6.07, 6.45) is -0.696. The summed E-state index contributed by atoms with van der Waals surface area (Å²) in [5.74, 6) is 0. The van der Waals surface area contributed by atoms with Crippen LogP contribution >= 0.6 is 0 Å². The van der Waals surface area contributed by atoms with Crippen LogP contribution in [0.3, 0.4) is 0 Å². The second-order valence-electron chi connectivity index (χ2n) is 3.28. The average molecular weight is 170 g/mol. The maximum atomic E-state index is 9.64. The first-order valence-corrected chi connectivity index (χ1v) is 4.04. The van der Waals surface area contributed by atoms with Crippen molar-refractivity contribution in [3.05, 3.63) is 0 Å². The van der Waals surface area contributed by atoms with Crippen molar-refractivity contribution >= 4 is 7.85 Å². The molecular formula is C7H11BO4. The van der Waals surface area contributed by atoms with Crippen LogP contribution in [-0.2, 0) is 9.47 Å². The molecule has 12 heavy (non-hydrogen) atoms. The van der Waals surface area contributed by atoms with Gasteiger partial charge < -0.3 is 19.7 Å². The summed E-state index contributed by atoms with van der Waals surface area (Å²) in [5, 5.41) is 18.4. The lowest BCUT2D eigenvalue weighted by molar-refractivity contribution is -0.194. The summed E-state index contributed by atoms with van der Waals surface area (Å²) in [6, 6.07) is -0.613. The van der Waals surface area contributed by atoms with Crippen LogP contribution in [0.15, 0.2) is 0 Å². The lowest BCUT2D eigenvalue weighted by Gasteiger charge is -2.43. The minimum atomic E-state index is -0.800. The third-order valence-electron chi connectivity index (χ3n) is 2.70. The third kappa shape index (κ3) is 0.878. The number of aliphatic hydroxyl groups excluding tert-OH is 2. The van der Waals surface area contributed by atoms with Gasteiger partial charge in [-0.2, -0.15) is 0 Å². The van der Waals surface area contributed by atoms with Crippen molar-refractivity contribution in [2.45, 2.75) is 30.2 Å². The summed E-state index contributed by atoms with van der Waals surface area (Å²) in [7, 11) is 5.61. The van der Waals surface area contributed by atoms with E-state index in [4.69, 9.17) is 22.4 Å². The number of ether oxygens (including phenoxy) is 2. The molecule has 0 aromatic rings. The summed E-state index contributed by atoms with van der Waals surface area (Å²) >= 11 is 0. The van der Waals surface area contributed by atoms with E-state index >= 15 is 0 Å². The summed E-state index contributed by atoms with van der Waals surface area (Å²) in [4.78, 5) is 0. The van der Waals surface area contributed by atoms with E-state index in [0.29, 0.717) is 13.0 Å². The Kier molecular flexibility index (Phi) is 1.91. The average Bonchev–Trinajstić information content (AvgIpc) is 2.21. The van der Waals surface area contributed by atoms with Gasteiger partial charge in [-0.15, -0.1) is 0 Å². The molecule has 66 valence electrons. The van der Waals surface area contributed by atoms with Crippen molar-refractivity contribution < 1.29 is 19.7 Å². The first-order valence-electron chi connectivity index (χ1n) is 4.04. The van der Waals surface area contributed by atoms with Gasteiger partial charge in [-0.1, -0.05) is 0 Å². The van der Waals surface area contributed by atoms with E-state index in [1.54, 1.807) is 0 Å². The Balaban J connectivity index is 2.14. The van der Waals surface area contributed by atoms with Crippen molar-refractivity contribution in [3.63, 3.8) is 0 Å². The van der Waals surface area contributed by atoms with Crippen LogP contribution in [-0.4, -0.2) is 55.1 Å². The van der Waals surface area contributed by atoms with Crippen molar-refractivity contribution in [1.29, 1.82) is 0 Å². The van der Waals surface area contributed by atoms with Gasteiger partial charge in [-0.05, 0) is 0 Å². The molecule has 5 heteroatoms. The molecule has 0 aliphatic carbocycles. The Labute approximate surface area is 71.9 Å². The van der Waals surface area contributed by atoms with Crippen LogP contribution in [0.5, 0.6) is 0 Å². The molecule has 2 heterocycles. The van der Waals surface area contributed by atoms with E-state index in [-0.39, 0.29) is 6.61 Å². The van der Waals surface area contributed by atoms with Crippen LogP contribution in [0.25, 0.3) is 0 Å². The Morgan fingerprint density at radius 2 is 2.25 bits per heavy atom. The zero-order valence-electron chi connectivity index (χ0n) is 6.64. The quantitative estimate of drug-likeness (QED) is 0.465. The van der Waals surface area contributed by atoms with Gasteiger partial charge in [0.15, 0.2) is 0 Å². The van der Waals surface area contributed by atoms with Crippen molar-refractivity contribution in [3.8, 4) is 0 Å². The highest BCUT2D eigenvalue weighted by Gasteiger charge is 2.58. The van der Waals surface area contributed by atoms with E-state index in [9.17, 15) is 5.11 Å². The zero-order valence-corrected chi connectivity index (χ0v) is 6.64. The van der Waals surface area contributed by atoms with E-state index < -0.39 is 23.8 Å². The molecule has 2 fully saturated rings.